The van der Waals surface area contributed by atoms with E-state index in [4.69, 9.17) is 26.5 Å². The van der Waals surface area contributed by atoms with E-state index in [1.165, 1.54) is 0 Å². The standard InChI is InChI=1S/C20H9ClN2O/c21-17-2-1-3-19-20(17)16-9-14(4-5-18(16)24-19)15-7-12(10-22)6-13(8-15)11-23/h1-9H. The smallest absolute Gasteiger partial charge is 0.136 e. The number of nitriles is 2. The monoisotopic (exact) mass is 328 g/mol. The summed E-state index contributed by atoms with van der Waals surface area (Å²) in [5.74, 6) is 0. The first kappa shape index (κ1) is 14.3. The minimum Gasteiger partial charge on any atom is -0.456 e. The molecule has 0 spiro atoms. The van der Waals surface area contributed by atoms with E-state index in [1.807, 2.05) is 36.4 Å². The van der Waals surface area contributed by atoms with Gasteiger partial charge in [0, 0.05) is 10.8 Å². The number of hydrogen-bond donors (Lipinski definition) is 0. The number of benzene rings is 3. The highest BCUT2D eigenvalue weighted by molar-refractivity contribution is 6.37. The van der Waals surface area contributed by atoms with E-state index in [9.17, 15) is 0 Å². The summed E-state index contributed by atoms with van der Waals surface area (Å²) in [7, 11) is 0. The molecule has 0 unspecified atom stereocenters. The quantitative estimate of drug-likeness (QED) is 0.453. The highest BCUT2D eigenvalue weighted by atomic mass is 35.5. The van der Waals surface area contributed by atoms with Crippen LogP contribution in [0.2, 0.25) is 5.02 Å². The third kappa shape index (κ3) is 2.20. The van der Waals surface area contributed by atoms with Gasteiger partial charge in [-0.15, -0.1) is 0 Å². The fourth-order valence-corrected chi connectivity index (χ4v) is 3.15. The van der Waals surface area contributed by atoms with Crippen molar-refractivity contribution in [1.82, 2.24) is 0 Å². The summed E-state index contributed by atoms with van der Waals surface area (Å²) in [4.78, 5) is 0. The Balaban J connectivity index is 2.01. The molecule has 1 heterocycles. The predicted octanol–water partition coefficient (Wildman–Crippen LogP) is 5.65. The summed E-state index contributed by atoms with van der Waals surface area (Å²) >= 11 is 6.32. The van der Waals surface area contributed by atoms with Gasteiger partial charge in [-0.1, -0.05) is 23.7 Å². The number of nitrogens with zero attached hydrogens (tertiary/aromatic N) is 2. The number of fused-ring (bicyclic) bond motifs is 3. The van der Waals surface area contributed by atoms with Gasteiger partial charge in [-0.3, -0.25) is 0 Å². The van der Waals surface area contributed by atoms with E-state index in [-0.39, 0.29) is 0 Å². The molecule has 4 aromatic rings. The topological polar surface area (TPSA) is 60.7 Å². The molecule has 112 valence electrons. The molecule has 0 aliphatic heterocycles. The maximum atomic E-state index is 9.15. The van der Waals surface area contributed by atoms with Gasteiger partial charge in [-0.05, 0) is 53.6 Å². The van der Waals surface area contributed by atoms with Crippen LogP contribution >= 0.6 is 11.6 Å². The van der Waals surface area contributed by atoms with Crippen LogP contribution in [0.4, 0.5) is 0 Å². The molecule has 3 nitrogen and oxygen atoms in total. The fourth-order valence-electron chi connectivity index (χ4n) is 2.89. The van der Waals surface area contributed by atoms with Gasteiger partial charge in [0.05, 0.1) is 28.3 Å². The van der Waals surface area contributed by atoms with Gasteiger partial charge in [-0.2, -0.15) is 10.5 Å². The molecule has 0 N–H and O–H groups in total. The molecule has 24 heavy (non-hydrogen) atoms. The molecule has 1 aromatic heterocycles. The molecule has 0 aliphatic rings. The van der Waals surface area contributed by atoms with E-state index in [2.05, 4.69) is 12.1 Å². The highest BCUT2D eigenvalue weighted by Crippen LogP contribution is 2.36. The van der Waals surface area contributed by atoms with E-state index in [0.717, 1.165) is 33.1 Å². The second-order valence-corrected chi connectivity index (χ2v) is 5.86. The van der Waals surface area contributed by atoms with Crippen molar-refractivity contribution >= 4 is 33.5 Å². The number of rotatable bonds is 1. The Hall–Kier alpha value is -3.27. The zero-order chi connectivity index (χ0) is 16.7. The summed E-state index contributed by atoms with van der Waals surface area (Å²) in [6, 6.07) is 20.6. The lowest BCUT2D eigenvalue weighted by Crippen LogP contribution is -1.84. The SMILES string of the molecule is N#Cc1cc(C#N)cc(-c2ccc3oc4cccc(Cl)c4c3c2)c1. The largest absolute Gasteiger partial charge is 0.456 e. The zero-order valence-electron chi connectivity index (χ0n) is 12.4. The third-order valence-electron chi connectivity index (χ3n) is 3.97. The summed E-state index contributed by atoms with van der Waals surface area (Å²) < 4.78 is 5.82. The van der Waals surface area contributed by atoms with Crippen LogP contribution in [-0.4, -0.2) is 0 Å². The van der Waals surface area contributed by atoms with Gasteiger partial charge >= 0.3 is 0 Å². The normalized spacial score (nSPS) is 10.6. The van der Waals surface area contributed by atoms with E-state index in [0.29, 0.717) is 16.1 Å². The molecule has 0 bridgehead atoms. The third-order valence-corrected chi connectivity index (χ3v) is 4.28. The molecule has 0 amide bonds. The van der Waals surface area contributed by atoms with Gasteiger partial charge < -0.3 is 4.42 Å². The molecular formula is C20H9ClN2O. The van der Waals surface area contributed by atoms with E-state index in [1.54, 1.807) is 18.2 Å². The van der Waals surface area contributed by atoms with Gasteiger partial charge in [0.1, 0.15) is 11.2 Å². The Labute approximate surface area is 142 Å². The Morgan fingerprint density at radius 1 is 0.792 bits per heavy atom. The van der Waals surface area contributed by atoms with Crippen molar-refractivity contribution in [2.24, 2.45) is 0 Å². The Morgan fingerprint density at radius 3 is 2.25 bits per heavy atom. The van der Waals surface area contributed by atoms with Crippen LogP contribution in [-0.2, 0) is 0 Å². The molecular weight excluding hydrogens is 320 g/mol. The molecule has 3 aromatic carbocycles. The van der Waals surface area contributed by atoms with E-state index >= 15 is 0 Å². The minimum atomic E-state index is 0.458. The van der Waals surface area contributed by atoms with Crippen molar-refractivity contribution in [3.8, 4) is 23.3 Å². The molecule has 0 saturated carbocycles. The molecule has 0 radical (unpaired) electrons. The second-order valence-electron chi connectivity index (χ2n) is 5.45. The van der Waals surface area contributed by atoms with Gasteiger partial charge in [-0.25, -0.2) is 0 Å². The summed E-state index contributed by atoms with van der Waals surface area (Å²) in [5.41, 5.74) is 4.11. The molecule has 4 heteroatoms. The average Bonchev–Trinajstić information content (AvgIpc) is 3.00. The van der Waals surface area contributed by atoms with Crippen LogP contribution < -0.4 is 0 Å². The van der Waals surface area contributed by atoms with Gasteiger partial charge in [0.15, 0.2) is 0 Å². The second kappa shape index (κ2) is 5.42. The molecule has 0 fully saturated rings. The fraction of sp³-hybridized carbons (Fsp3) is 0. The van der Waals surface area contributed by atoms with E-state index < -0.39 is 0 Å². The number of halogens is 1. The highest BCUT2D eigenvalue weighted by Gasteiger charge is 2.12. The van der Waals surface area contributed by atoms with Crippen LogP contribution in [0.5, 0.6) is 0 Å². The summed E-state index contributed by atoms with van der Waals surface area (Å²) in [6.07, 6.45) is 0. The minimum absolute atomic E-state index is 0.458. The lowest BCUT2D eigenvalue weighted by Gasteiger charge is -2.04. The Morgan fingerprint density at radius 2 is 1.54 bits per heavy atom. The Kier molecular flexibility index (Phi) is 3.24. The number of furan rings is 1. The van der Waals surface area contributed by atoms with Gasteiger partial charge in [0.2, 0.25) is 0 Å². The van der Waals surface area contributed by atoms with Crippen LogP contribution in [0, 0.1) is 22.7 Å². The number of hydrogen-bond acceptors (Lipinski definition) is 3. The zero-order valence-corrected chi connectivity index (χ0v) is 13.1. The van der Waals surface area contributed by atoms with Crippen molar-refractivity contribution in [3.63, 3.8) is 0 Å². The lowest BCUT2D eigenvalue weighted by molar-refractivity contribution is 0.669. The first-order valence-corrected chi connectivity index (χ1v) is 7.64. The van der Waals surface area contributed by atoms with Crippen molar-refractivity contribution in [2.45, 2.75) is 0 Å². The summed E-state index contributed by atoms with van der Waals surface area (Å²) in [6.45, 7) is 0. The van der Waals surface area contributed by atoms with Crippen LogP contribution in [0.1, 0.15) is 11.1 Å². The van der Waals surface area contributed by atoms with Crippen LogP contribution in [0.15, 0.2) is 59.0 Å². The maximum Gasteiger partial charge on any atom is 0.136 e. The first-order chi connectivity index (χ1) is 11.7. The molecule has 4 rings (SSSR count). The van der Waals surface area contributed by atoms with Crippen molar-refractivity contribution in [2.75, 3.05) is 0 Å². The Bertz CT molecular complexity index is 1160. The van der Waals surface area contributed by atoms with Crippen molar-refractivity contribution < 1.29 is 4.42 Å². The summed E-state index contributed by atoms with van der Waals surface area (Å²) in [5, 5.41) is 20.7. The average molecular weight is 329 g/mol. The predicted molar refractivity (Wildman–Crippen MR) is 93.6 cm³/mol. The van der Waals surface area contributed by atoms with Crippen molar-refractivity contribution in [1.29, 1.82) is 10.5 Å². The first-order valence-electron chi connectivity index (χ1n) is 7.26. The lowest BCUT2D eigenvalue weighted by atomic mass is 9.99. The van der Waals surface area contributed by atoms with Crippen LogP contribution in [0.25, 0.3) is 33.1 Å². The molecule has 0 atom stereocenters. The molecule has 0 aliphatic carbocycles. The van der Waals surface area contributed by atoms with Crippen LogP contribution in [0.3, 0.4) is 0 Å². The molecule has 0 saturated heterocycles. The maximum absolute atomic E-state index is 9.15. The van der Waals surface area contributed by atoms with Crippen molar-refractivity contribution in [3.05, 3.63) is 70.7 Å². The van der Waals surface area contributed by atoms with Gasteiger partial charge in [0.25, 0.3) is 0 Å².